The van der Waals surface area contributed by atoms with Gasteiger partial charge in [0.05, 0.1) is 5.01 Å². The maximum Gasteiger partial charge on any atom is 0.326 e. The number of amides is 1. The summed E-state index contributed by atoms with van der Waals surface area (Å²) >= 11 is 1.44. The minimum absolute atomic E-state index is 0.313. The molecule has 1 aromatic heterocycles. The molecule has 1 amide bonds. The van der Waals surface area contributed by atoms with Gasteiger partial charge in [0.15, 0.2) is 0 Å². The Hall–Kier alpha value is -1.43. The van der Waals surface area contributed by atoms with Crippen LogP contribution in [0.2, 0.25) is 0 Å². The molecular formula is C14H22N2O3S. The number of aliphatic carboxylic acids is 1. The number of carboxylic acids is 1. The van der Waals surface area contributed by atoms with E-state index in [2.05, 4.69) is 24.1 Å². The van der Waals surface area contributed by atoms with Crippen molar-refractivity contribution < 1.29 is 14.7 Å². The maximum atomic E-state index is 12.0. The fraction of sp³-hybridized carbons (Fsp3) is 0.643. The highest BCUT2D eigenvalue weighted by molar-refractivity contribution is 7.09. The van der Waals surface area contributed by atoms with Crippen molar-refractivity contribution in [1.29, 1.82) is 0 Å². The topological polar surface area (TPSA) is 79.3 Å². The lowest BCUT2D eigenvalue weighted by atomic mass is 10.1. The lowest BCUT2D eigenvalue weighted by Crippen LogP contribution is -2.40. The molecule has 1 heterocycles. The number of nitrogens with one attached hydrogen (secondary N) is 1. The summed E-state index contributed by atoms with van der Waals surface area (Å²) in [5, 5.41) is 14.2. The van der Waals surface area contributed by atoms with Gasteiger partial charge < -0.3 is 10.4 Å². The average molecular weight is 298 g/mol. The molecule has 112 valence electrons. The van der Waals surface area contributed by atoms with Gasteiger partial charge >= 0.3 is 5.97 Å². The van der Waals surface area contributed by atoms with Gasteiger partial charge in [0, 0.05) is 11.8 Å². The number of hydrogen-bond acceptors (Lipinski definition) is 4. The molecule has 0 unspecified atom stereocenters. The Kier molecular flexibility index (Phi) is 6.64. The standard InChI is InChI=1S/C14H22N2O3S/c1-4-5-6-10(14(18)19)16-13(17)11-8-20-12(15-11)7-9(2)3/h8-10H,4-7H2,1-3H3,(H,16,17)(H,18,19)/t10-/m0/s1. The number of unbranched alkanes of at least 4 members (excludes halogenated alkanes) is 1. The number of carbonyl (C=O) groups excluding carboxylic acids is 1. The molecule has 0 radical (unpaired) electrons. The molecule has 2 N–H and O–H groups in total. The zero-order valence-electron chi connectivity index (χ0n) is 12.2. The van der Waals surface area contributed by atoms with Gasteiger partial charge in [0.1, 0.15) is 11.7 Å². The summed E-state index contributed by atoms with van der Waals surface area (Å²) < 4.78 is 0. The molecule has 0 spiro atoms. The normalized spacial score (nSPS) is 12.4. The lowest BCUT2D eigenvalue weighted by Gasteiger charge is -2.12. The summed E-state index contributed by atoms with van der Waals surface area (Å²) in [7, 11) is 0. The van der Waals surface area contributed by atoms with E-state index in [9.17, 15) is 9.59 Å². The number of carboxylic acid groups (broad SMARTS) is 1. The smallest absolute Gasteiger partial charge is 0.326 e. The van der Waals surface area contributed by atoms with Crippen molar-refractivity contribution in [2.75, 3.05) is 0 Å². The van der Waals surface area contributed by atoms with Crippen molar-refractivity contribution in [3.05, 3.63) is 16.1 Å². The summed E-state index contributed by atoms with van der Waals surface area (Å²) in [5.74, 6) is -0.919. The van der Waals surface area contributed by atoms with Crippen molar-refractivity contribution in [2.24, 2.45) is 5.92 Å². The second kappa shape index (κ2) is 7.99. The Morgan fingerprint density at radius 2 is 2.15 bits per heavy atom. The van der Waals surface area contributed by atoms with Crippen LogP contribution in [0.25, 0.3) is 0 Å². The van der Waals surface area contributed by atoms with Crippen LogP contribution in [0.4, 0.5) is 0 Å². The van der Waals surface area contributed by atoms with Crippen molar-refractivity contribution in [3.63, 3.8) is 0 Å². The Bertz CT molecular complexity index is 457. The van der Waals surface area contributed by atoms with E-state index in [0.29, 0.717) is 18.0 Å². The van der Waals surface area contributed by atoms with Crippen molar-refractivity contribution in [2.45, 2.75) is 52.5 Å². The van der Waals surface area contributed by atoms with Crippen LogP contribution in [0.15, 0.2) is 5.38 Å². The van der Waals surface area contributed by atoms with E-state index in [-0.39, 0.29) is 0 Å². The molecular weight excluding hydrogens is 276 g/mol. The molecule has 0 aliphatic rings. The van der Waals surface area contributed by atoms with Crippen LogP contribution in [-0.2, 0) is 11.2 Å². The molecule has 0 aromatic carbocycles. The van der Waals surface area contributed by atoms with E-state index in [4.69, 9.17) is 5.11 Å². The first-order valence-electron chi connectivity index (χ1n) is 6.92. The predicted molar refractivity (Wildman–Crippen MR) is 79.1 cm³/mol. The highest BCUT2D eigenvalue weighted by atomic mass is 32.1. The molecule has 1 rings (SSSR count). The van der Waals surface area contributed by atoms with E-state index in [1.807, 2.05) is 6.92 Å². The van der Waals surface area contributed by atoms with E-state index in [0.717, 1.165) is 24.3 Å². The fourth-order valence-corrected chi connectivity index (χ4v) is 2.74. The van der Waals surface area contributed by atoms with Crippen LogP contribution in [0.5, 0.6) is 0 Å². The maximum absolute atomic E-state index is 12.0. The Morgan fingerprint density at radius 3 is 2.70 bits per heavy atom. The van der Waals surface area contributed by atoms with Gasteiger partial charge in [-0.3, -0.25) is 4.79 Å². The van der Waals surface area contributed by atoms with E-state index in [1.165, 1.54) is 11.3 Å². The fourth-order valence-electron chi connectivity index (χ4n) is 1.76. The molecule has 0 aliphatic carbocycles. The Balaban J connectivity index is 2.64. The second-order valence-corrected chi connectivity index (χ2v) is 6.17. The number of aromatic nitrogens is 1. The van der Waals surface area contributed by atoms with Crippen molar-refractivity contribution >= 4 is 23.2 Å². The number of hydrogen-bond donors (Lipinski definition) is 2. The van der Waals surface area contributed by atoms with Gasteiger partial charge in [-0.1, -0.05) is 33.6 Å². The van der Waals surface area contributed by atoms with Gasteiger partial charge in [-0.25, -0.2) is 9.78 Å². The summed E-state index contributed by atoms with van der Waals surface area (Å²) in [4.78, 5) is 27.3. The highest BCUT2D eigenvalue weighted by Gasteiger charge is 2.21. The first-order chi connectivity index (χ1) is 9.43. The Labute approximate surface area is 123 Å². The minimum atomic E-state index is -0.996. The molecule has 0 fully saturated rings. The molecule has 20 heavy (non-hydrogen) atoms. The quantitative estimate of drug-likeness (QED) is 0.773. The molecule has 0 saturated heterocycles. The average Bonchev–Trinajstić information content (AvgIpc) is 2.81. The van der Waals surface area contributed by atoms with Gasteiger partial charge in [0.25, 0.3) is 5.91 Å². The number of carbonyl (C=O) groups is 2. The molecule has 1 aromatic rings. The van der Waals surface area contributed by atoms with Crippen LogP contribution in [0, 0.1) is 5.92 Å². The summed E-state index contributed by atoms with van der Waals surface area (Å²) in [6.45, 7) is 6.16. The first-order valence-corrected chi connectivity index (χ1v) is 7.80. The first kappa shape index (κ1) is 16.6. The summed E-state index contributed by atoms with van der Waals surface area (Å²) in [6.07, 6.45) is 2.94. The summed E-state index contributed by atoms with van der Waals surface area (Å²) in [5.41, 5.74) is 0.313. The number of rotatable bonds is 8. The second-order valence-electron chi connectivity index (χ2n) is 5.23. The molecule has 0 aliphatic heterocycles. The third-order valence-corrected chi connectivity index (χ3v) is 3.69. The van der Waals surface area contributed by atoms with E-state index < -0.39 is 17.9 Å². The predicted octanol–water partition coefficient (Wildman–Crippen LogP) is 2.71. The largest absolute Gasteiger partial charge is 0.480 e. The van der Waals surface area contributed by atoms with Crippen LogP contribution in [0.1, 0.15) is 55.5 Å². The summed E-state index contributed by atoms with van der Waals surface area (Å²) in [6, 6.07) is -0.835. The van der Waals surface area contributed by atoms with Gasteiger partial charge in [-0.15, -0.1) is 11.3 Å². The van der Waals surface area contributed by atoms with E-state index >= 15 is 0 Å². The van der Waals surface area contributed by atoms with Crippen molar-refractivity contribution in [1.82, 2.24) is 10.3 Å². The van der Waals surface area contributed by atoms with Gasteiger partial charge in [-0.05, 0) is 12.3 Å². The minimum Gasteiger partial charge on any atom is -0.480 e. The zero-order valence-corrected chi connectivity index (χ0v) is 13.0. The highest BCUT2D eigenvalue weighted by Crippen LogP contribution is 2.14. The van der Waals surface area contributed by atoms with E-state index in [1.54, 1.807) is 5.38 Å². The molecule has 1 atom stereocenters. The van der Waals surface area contributed by atoms with Crippen LogP contribution in [-0.4, -0.2) is 28.0 Å². The molecule has 0 saturated carbocycles. The number of thiazole rings is 1. The Morgan fingerprint density at radius 1 is 1.45 bits per heavy atom. The molecule has 5 nitrogen and oxygen atoms in total. The third-order valence-electron chi connectivity index (χ3n) is 2.82. The SMILES string of the molecule is CCCC[C@H](NC(=O)c1csc(CC(C)C)n1)C(=O)O. The third kappa shape index (κ3) is 5.28. The zero-order chi connectivity index (χ0) is 15.1. The number of nitrogens with zero attached hydrogens (tertiary/aromatic N) is 1. The van der Waals surface area contributed by atoms with Crippen LogP contribution >= 0.6 is 11.3 Å². The molecule has 6 heteroatoms. The van der Waals surface area contributed by atoms with Crippen LogP contribution in [0.3, 0.4) is 0 Å². The molecule has 0 bridgehead atoms. The van der Waals surface area contributed by atoms with Gasteiger partial charge in [0.2, 0.25) is 0 Å². The van der Waals surface area contributed by atoms with Crippen LogP contribution < -0.4 is 5.32 Å². The monoisotopic (exact) mass is 298 g/mol. The lowest BCUT2D eigenvalue weighted by molar-refractivity contribution is -0.139. The van der Waals surface area contributed by atoms with Crippen molar-refractivity contribution in [3.8, 4) is 0 Å². The van der Waals surface area contributed by atoms with Gasteiger partial charge in [-0.2, -0.15) is 0 Å².